The fourth-order valence-corrected chi connectivity index (χ4v) is 4.65. The molecule has 17 heteroatoms. The van der Waals surface area contributed by atoms with Crippen LogP contribution in [0.5, 0.6) is 0 Å². The molecule has 2 aromatic carbocycles. The highest BCUT2D eigenvalue weighted by Crippen LogP contribution is 2.38. The molecule has 44 heavy (non-hydrogen) atoms. The summed E-state index contributed by atoms with van der Waals surface area (Å²) in [6.07, 6.45) is -10.2. The minimum Gasteiger partial charge on any atom is -0.379 e. The van der Waals surface area contributed by atoms with E-state index < -0.39 is 46.7 Å². The van der Waals surface area contributed by atoms with E-state index >= 15 is 4.39 Å². The highest BCUT2D eigenvalue weighted by atomic mass is 19.4. The second-order valence-electron chi connectivity index (χ2n) is 9.85. The van der Waals surface area contributed by atoms with Gasteiger partial charge in [-0.3, -0.25) is 10.00 Å². The number of alkyl halides is 6. The summed E-state index contributed by atoms with van der Waals surface area (Å²) in [5.74, 6) is -0.613. The van der Waals surface area contributed by atoms with Crippen molar-refractivity contribution in [3.8, 4) is 11.3 Å². The number of nitrogens with zero attached hydrogens (tertiary/aromatic N) is 4. The average molecular weight is 627 g/mol. The molecule has 4 N–H and O–H groups in total. The van der Waals surface area contributed by atoms with Crippen LogP contribution in [0.2, 0.25) is 0 Å². The highest BCUT2D eigenvalue weighted by Gasteiger charge is 2.37. The van der Waals surface area contributed by atoms with Crippen LogP contribution >= 0.6 is 0 Å². The Bertz CT molecular complexity index is 1630. The van der Waals surface area contributed by atoms with Gasteiger partial charge in [-0.05, 0) is 37.3 Å². The lowest BCUT2D eigenvalue weighted by Gasteiger charge is -2.26. The maximum atomic E-state index is 15.6. The number of anilines is 3. The summed E-state index contributed by atoms with van der Waals surface area (Å²) in [4.78, 5) is 23.6. The minimum absolute atomic E-state index is 0.0628. The standard InChI is InChI=1S/C27H25F7N8O2/c1-14-20-22(40-41-23(20)39-24(36-14)35-5-6-42-7-9-44-10-8-42)18-3-2-4-19(21(18)28)38-25(43)37-17-12-15(26(29,30)31)11-16(13-17)27(32,33)34/h2-4,11-13H,5-10H2,1H3,(H2,37,38,43)(H2,35,36,39,40,41). The monoisotopic (exact) mass is 626 g/mol. The molecule has 0 aliphatic carbocycles. The van der Waals surface area contributed by atoms with Crippen molar-refractivity contribution in [1.82, 2.24) is 25.1 Å². The zero-order chi connectivity index (χ0) is 31.6. The Kier molecular flexibility index (Phi) is 8.60. The molecule has 1 fully saturated rings. The summed E-state index contributed by atoms with van der Waals surface area (Å²) in [6.45, 7) is 6.03. The first-order valence-corrected chi connectivity index (χ1v) is 13.2. The van der Waals surface area contributed by atoms with E-state index in [-0.39, 0.29) is 17.3 Å². The van der Waals surface area contributed by atoms with Crippen molar-refractivity contribution in [3.63, 3.8) is 0 Å². The Morgan fingerprint density at radius 1 is 1.00 bits per heavy atom. The van der Waals surface area contributed by atoms with Gasteiger partial charge in [-0.15, -0.1) is 0 Å². The Balaban J connectivity index is 1.33. The van der Waals surface area contributed by atoms with Gasteiger partial charge in [0.25, 0.3) is 0 Å². The molecular formula is C27H25F7N8O2. The number of halogens is 7. The maximum Gasteiger partial charge on any atom is 0.416 e. The lowest BCUT2D eigenvalue weighted by Crippen LogP contribution is -2.39. The number of carbonyl (C=O) groups excluding carboxylic acids is 1. The van der Waals surface area contributed by atoms with Gasteiger partial charge in [-0.25, -0.2) is 14.2 Å². The third-order valence-corrected chi connectivity index (χ3v) is 6.76. The molecule has 1 aliphatic rings. The number of rotatable bonds is 7. The van der Waals surface area contributed by atoms with Crippen molar-refractivity contribution in [2.75, 3.05) is 55.3 Å². The van der Waals surface area contributed by atoms with E-state index in [1.807, 2.05) is 5.32 Å². The van der Waals surface area contributed by atoms with Crippen molar-refractivity contribution in [2.45, 2.75) is 19.3 Å². The van der Waals surface area contributed by atoms with Crippen LogP contribution < -0.4 is 16.0 Å². The number of urea groups is 1. The number of fused-ring (bicyclic) bond motifs is 1. The number of amides is 2. The van der Waals surface area contributed by atoms with Crippen molar-refractivity contribution in [3.05, 3.63) is 59.0 Å². The van der Waals surface area contributed by atoms with Gasteiger partial charge in [0.2, 0.25) is 5.95 Å². The van der Waals surface area contributed by atoms with Crippen LogP contribution in [-0.4, -0.2) is 70.5 Å². The molecule has 10 nitrogen and oxygen atoms in total. The molecule has 0 bridgehead atoms. The quantitative estimate of drug-likeness (QED) is 0.189. The summed E-state index contributed by atoms with van der Waals surface area (Å²) in [5.41, 5.74) is -3.56. The van der Waals surface area contributed by atoms with Gasteiger partial charge in [0.05, 0.1) is 41.1 Å². The highest BCUT2D eigenvalue weighted by molar-refractivity contribution is 6.01. The molecule has 2 amide bonds. The molecule has 0 saturated carbocycles. The zero-order valence-electron chi connectivity index (χ0n) is 23.0. The molecular weight excluding hydrogens is 601 g/mol. The number of hydrogen-bond acceptors (Lipinski definition) is 7. The van der Waals surface area contributed by atoms with E-state index in [9.17, 15) is 31.1 Å². The Morgan fingerprint density at radius 3 is 2.34 bits per heavy atom. The van der Waals surface area contributed by atoms with Crippen LogP contribution in [0.25, 0.3) is 22.3 Å². The summed E-state index contributed by atoms with van der Waals surface area (Å²) < 4.78 is 99.9. The third kappa shape index (κ3) is 6.99. The Hall–Kier alpha value is -4.51. The van der Waals surface area contributed by atoms with E-state index in [0.29, 0.717) is 54.6 Å². The molecule has 0 atom stereocenters. The molecule has 234 valence electrons. The molecule has 0 unspecified atom stereocenters. The normalized spacial score (nSPS) is 14.5. The number of hydrogen-bond donors (Lipinski definition) is 4. The number of benzene rings is 2. The van der Waals surface area contributed by atoms with Crippen LogP contribution in [0.4, 0.5) is 52.9 Å². The fraction of sp³-hybridized carbons (Fsp3) is 0.333. The molecule has 2 aromatic heterocycles. The second kappa shape index (κ2) is 12.2. The number of morpholine rings is 1. The van der Waals surface area contributed by atoms with Gasteiger partial charge in [-0.1, -0.05) is 6.07 Å². The van der Waals surface area contributed by atoms with Crippen LogP contribution in [-0.2, 0) is 17.1 Å². The summed E-state index contributed by atoms with van der Waals surface area (Å²) in [6, 6.07) is 3.27. The molecule has 5 rings (SSSR count). The number of H-pyrrole nitrogens is 1. The fourth-order valence-electron chi connectivity index (χ4n) is 4.65. The number of aromatic nitrogens is 4. The third-order valence-electron chi connectivity index (χ3n) is 6.76. The van der Waals surface area contributed by atoms with Crippen molar-refractivity contribution < 1.29 is 40.3 Å². The molecule has 1 saturated heterocycles. The van der Waals surface area contributed by atoms with E-state index in [1.165, 1.54) is 18.2 Å². The van der Waals surface area contributed by atoms with Gasteiger partial charge < -0.3 is 20.7 Å². The number of carbonyl (C=O) groups is 1. The van der Waals surface area contributed by atoms with Gasteiger partial charge >= 0.3 is 18.4 Å². The molecule has 0 radical (unpaired) electrons. The van der Waals surface area contributed by atoms with E-state index in [1.54, 1.807) is 6.92 Å². The van der Waals surface area contributed by atoms with E-state index in [4.69, 9.17) is 4.74 Å². The predicted octanol–water partition coefficient (Wildman–Crippen LogP) is 5.89. The second-order valence-corrected chi connectivity index (χ2v) is 9.85. The first-order chi connectivity index (χ1) is 20.8. The zero-order valence-corrected chi connectivity index (χ0v) is 23.0. The number of aryl methyl sites for hydroxylation is 1. The van der Waals surface area contributed by atoms with Gasteiger partial charge in [0.15, 0.2) is 11.5 Å². The van der Waals surface area contributed by atoms with Gasteiger partial charge in [0.1, 0.15) is 5.69 Å². The van der Waals surface area contributed by atoms with Crippen LogP contribution in [0.15, 0.2) is 36.4 Å². The topological polar surface area (TPSA) is 120 Å². The van der Waals surface area contributed by atoms with E-state index in [0.717, 1.165) is 19.6 Å². The maximum absolute atomic E-state index is 15.6. The molecule has 3 heterocycles. The first kappa shape index (κ1) is 30.9. The van der Waals surface area contributed by atoms with Crippen LogP contribution in [0.3, 0.4) is 0 Å². The Morgan fingerprint density at radius 2 is 1.68 bits per heavy atom. The predicted molar refractivity (Wildman–Crippen MR) is 147 cm³/mol. The number of aromatic amines is 1. The smallest absolute Gasteiger partial charge is 0.379 e. The molecule has 1 aliphatic heterocycles. The average Bonchev–Trinajstić information content (AvgIpc) is 3.38. The van der Waals surface area contributed by atoms with Crippen molar-refractivity contribution in [1.29, 1.82) is 0 Å². The van der Waals surface area contributed by atoms with Gasteiger partial charge in [-0.2, -0.15) is 36.4 Å². The summed E-state index contributed by atoms with van der Waals surface area (Å²) >= 11 is 0. The first-order valence-electron chi connectivity index (χ1n) is 13.2. The van der Waals surface area contributed by atoms with E-state index in [2.05, 4.69) is 35.7 Å². The summed E-state index contributed by atoms with van der Waals surface area (Å²) in [7, 11) is 0. The number of ether oxygens (including phenoxy) is 1. The lowest BCUT2D eigenvalue weighted by molar-refractivity contribution is -0.143. The molecule has 0 spiro atoms. The molecule has 4 aromatic rings. The van der Waals surface area contributed by atoms with Gasteiger partial charge in [0, 0.05) is 37.4 Å². The minimum atomic E-state index is -5.11. The van der Waals surface area contributed by atoms with Crippen LogP contribution in [0, 0.1) is 12.7 Å². The lowest BCUT2D eigenvalue weighted by atomic mass is 10.1. The largest absolute Gasteiger partial charge is 0.416 e. The van der Waals surface area contributed by atoms with Crippen LogP contribution in [0.1, 0.15) is 16.8 Å². The van der Waals surface area contributed by atoms with Crippen molar-refractivity contribution in [2.24, 2.45) is 0 Å². The Labute approximate surface area is 245 Å². The van der Waals surface area contributed by atoms with Crippen molar-refractivity contribution >= 4 is 34.4 Å². The number of nitrogens with one attached hydrogen (secondary N) is 4. The SMILES string of the molecule is Cc1nc(NCCN2CCOCC2)nc2[nH]nc(-c3cccc(NC(=O)Nc4cc(C(F)(F)F)cc(C(F)(F)F)c4)c3F)c12. The summed E-state index contributed by atoms with van der Waals surface area (Å²) in [5, 5.41) is 14.5.